The number of unbranched alkanes of at least 4 members (excludes halogenated alkanes) is 3. The summed E-state index contributed by atoms with van der Waals surface area (Å²) in [5, 5.41) is 5.73. The Morgan fingerprint density at radius 2 is 1.72 bits per heavy atom. The van der Waals surface area contributed by atoms with E-state index in [0.717, 1.165) is 18.4 Å². The van der Waals surface area contributed by atoms with Crippen LogP contribution < -0.4 is 5.32 Å². The van der Waals surface area contributed by atoms with Gasteiger partial charge in [-0.1, -0.05) is 96.7 Å². The van der Waals surface area contributed by atoms with Gasteiger partial charge in [0.1, 0.15) is 0 Å². The number of fused-ring (bicyclic) bond motifs is 1. The number of nitrogens with one attached hydrogen (secondary N) is 1. The van der Waals surface area contributed by atoms with Crippen LogP contribution in [0.3, 0.4) is 0 Å². The molecule has 2 nitrogen and oxygen atoms in total. The van der Waals surface area contributed by atoms with Crippen LogP contribution in [0.5, 0.6) is 0 Å². The SMILES string of the molecule is CCCCCCc1c(Br)ccc2cccc(CCNC(=O)Cc3ccccc3)c12. The Morgan fingerprint density at radius 3 is 2.52 bits per heavy atom. The van der Waals surface area contributed by atoms with Crippen molar-refractivity contribution in [3.63, 3.8) is 0 Å². The van der Waals surface area contributed by atoms with Crippen molar-refractivity contribution in [2.75, 3.05) is 6.54 Å². The lowest BCUT2D eigenvalue weighted by molar-refractivity contribution is -0.120. The summed E-state index contributed by atoms with van der Waals surface area (Å²) in [5.74, 6) is 0.0809. The highest BCUT2D eigenvalue weighted by Crippen LogP contribution is 2.31. The zero-order valence-electron chi connectivity index (χ0n) is 17.2. The van der Waals surface area contributed by atoms with Gasteiger partial charge in [-0.3, -0.25) is 4.79 Å². The molecular formula is C26H30BrNO. The molecule has 3 rings (SSSR count). The average Bonchev–Trinajstić information content (AvgIpc) is 2.73. The minimum atomic E-state index is 0.0809. The third-order valence-electron chi connectivity index (χ3n) is 5.39. The molecule has 29 heavy (non-hydrogen) atoms. The molecule has 0 bridgehead atoms. The third-order valence-corrected chi connectivity index (χ3v) is 6.13. The average molecular weight is 452 g/mol. The first-order valence-electron chi connectivity index (χ1n) is 10.7. The van der Waals surface area contributed by atoms with Crippen molar-refractivity contribution >= 4 is 32.6 Å². The molecule has 3 aromatic carbocycles. The van der Waals surface area contributed by atoms with Crippen LogP contribution in [0.15, 0.2) is 65.1 Å². The van der Waals surface area contributed by atoms with Gasteiger partial charge in [-0.25, -0.2) is 0 Å². The summed E-state index contributed by atoms with van der Waals surface area (Å²) in [6.07, 6.45) is 7.41. The van der Waals surface area contributed by atoms with Crippen molar-refractivity contribution in [2.24, 2.45) is 0 Å². The van der Waals surface area contributed by atoms with Crippen LogP contribution >= 0.6 is 15.9 Å². The van der Waals surface area contributed by atoms with Crippen molar-refractivity contribution in [2.45, 2.75) is 51.9 Å². The maximum absolute atomic E-state index is 12.3. The zero-order chi connectivity index (χ0) is 20.5. The largest absolute Gasteiger partial charge is 0.355 e. The Balaban J connectivity index is 1.68. The van der Waals surface area contributed by atoms with E-state index < -0.39 is 0 Å². The van der Waals surface area contributed by atoms with E-state index in [0.29, 0.717) is 13.0 Å². The van der Waals surface area contributed by atoms with Crippen molar-refractivity contribution in [1.82, 2.24) is 5.32 Å². The predicted octanol–water partition coefficient (Wildman–Crippen LogP) is 6.63. The van der Waals surface area contributed by atoms with E-state index in [9.17, 15) is 4.79 Å². The summed E-state index contributed by atoms with van der Waals surface area (Å²) < 4.78 is 1.20. The minimum Gasteiger partial charge on any atom is -0.355 e. The normalized spacial score (nSPS) is 11.0. The van der Waals surface area contributed by atoms with Crippen LogP contribution in [0.1, 0.15) is 49.3 Å². The summed E-state index contributed by atoms with van der Waals surface area (Å²) in [5.41, 5.74) is 3.77. The predicted molar refractivity (Wildman–Crippen MR) is 126 cm³/mol. The van der Waals surface area contributed by atoms with Crippen LogP contribution in [0.25, 0.3) is 10.8 Å². The van der Waals surface area contributed by atoms with Crippen molar-refractivity contribution in [3.8, 4) is 0 Å². The smallest absolute Gasteiger partial charge is 0.224 e. The highest BCUT2D eigenvalue weighted by molar-refractivity contribution is 9.10. The van der Waals surface area contributed by atoms with Gasteiger partial charge in [0.25, 0.3) is 0 Å². The molecular weight excluding hydrogens is 422 g/mol. The summed E-state index contributed by atoms with van der Waals surface area (Å²) in [4.78, 5) is 12.3. The second-order valence-electron chi connectivity index (χ2n) is 7.61. The number of rotatable bonds is 10. The van der Waals surface area contributed by atoms with E-state index in [1.807, 2.05) is 30.3 Å². The van der Waals surface area contributed by atoms with Crippen LogP contribution in [0.2, 0.25) is 0 Å². The molecule has 0 unspecified atom stereocenters. The first-order chi connectivity index (χ1) is 14.2. The number of hydrogen-bond acceptors (Lipinski definition) is 1. The summed E-state index contributed by atoms with van der Waals surface area (Å²) in [6.45, 7) is 2.91. The lowest BCUT2D eigenvalue weighted by Gasteiger charge is -2.14. The third kappa shape index (κ3) is 6.17. The van der Waals surface area contributed by atoms with Gasteiger partial charge in [-0.05, 0) is 52.8 Å². The van der Waals surface area contributed by atoms with Gasteiger partial charge < -0.3 is 5.32 Å². The van der Waals surface area contributed by atoms with Gasteiger partial charge in [-0.2, -0.15) is 0 Å². The van der Waals surface area contributed by atoms with E-state index in [-0.39, 0.29) is 5.91 Å². The van der Waals surface area contributed by atoms with Gasteiger partial charge >= 0.3 is 0 Å². The lowest BCUT2D eigenvalue weighted by Crippen LogP contribution is -2.27. The molecule has 0 fully saturated rings. The van der Waals surface area contributed by atoms with Gasteiger partial charge in [0.05, 0.1) is 6.42 Å². The quantitative estimate of drug-likeness (QED) is 0.344. The monoisotopic (exact) mass is 451 g/mol. The fraction of sp³-hybridized carbons (Fsp3) is 0.346. The molecule has 0 radical (unpaired) electrons. The molecule has 152 valence electrons. The first-order valence-corrected chi connectivity index (χ1v) is 11.5. The number of amides is 1. The van der Waals surface area contributed by atoms with Crippen molar-refractivity contribution in [3.05, 3.63) is 81.8 Å². The van der Waals surface area contributed by atoms with E-state index in [4.69, 9.17) is 0 Å². The summed E-state index contributed by atoms with van der Waals surface area (Å²) >= 11 is 3.78. The molecule has 0 aliphatic heterocycles. The summed E-state index contributed by atoms with van der Waals surface area (Å²) in [6, 6.07) is 20.8. The molecule has 3 heteroatoms. The van der Waals surface area contributed by atoms with Crippen LogP contribution in [-0.2, 0) is 24.1 Å². The Kier molecular flexibility index (Phi) is 8.30. The zero-order valence-corrected chi connectivity index (χ0v) is 18.8. The lowest BCUT2D eigenvalue weighted by atomic mass is 9.94. The highest BCUT2D eigenvalue weighted by atomic mass is 79.9. The molecule has 0 saturated heterocycles. The van der Waals surface area contributed by atoms with Crippen LogP contribution in [0, 0.1) is 0 Å². The summed E-state index contributed by atoms with van der Waals surface area (Å²) in [7, 11) is 0. The Labute approximate surface area is 182 Å². The van der Waals surface area contributed by atoms with Crippen molar-refractivity contribution in [1.29, 1.82) is 0 Å². The number of halogens is 1. The van der Waals surface area contributed by atoms with Crippen molar-refractivity contribution < 1.29 is 4.79 Å². The second-order valence-corrected chi connectivity index (χ2v) is 8.47. The number of carbonyl (C=O) groups excluding carboxylic acids is 1. The van der Waals surface area contributed by atoms with Gasteiger partial charge in [-0.15, -0.1) is 0 Å². The van der Waals surface area contributed by atoms with Crippen LogP contribution in [-0.4, -0.2) is 12.5 Å². The molecule has 1 N–H and O–H groups in total. The Bertz CT molecular complexity index is 936. The molecule has 0 aliphatic rings. The molecule has 0 spiro atoms. The molecule has 0 saturated carbocycles. The molecule has 0 aliphatic carbocycles. The van der Waals surface area contributed by atoms with E-state index >= 15 is 0 Å². The fourth-order valence-electron chi connectivity index (χ4n) is 3.87. The van der Waals surface area contributed by atoms with E-state index in [1.165, 1.54) is 52.1 Å². The topological polar surface area (TPSA) is 29.1 Å². The van der Waals surface area contributed by atoms with Gasteiger partial charge in [0, 0.05) is 11.0 Å². The Hall–Kier alpha value is -2.13. The number of benzene rings is 3. The van der Waals surface area contributed by atoms with E-state index in [2.05, 4.69) is 58.5 Å². The maximum atomic E-state index is 12.3. The minimum absolute atomic E-state index is 0.0809. The van der Waals surface area contributed by atoms with Gasteiger partial charge in [0.15, 0.2) is 0 Å². The molecule has 1 amide bonds. The number of hydrogen-bond donors (Lipinski definition) is 1. The number of aryl methyl sites for hydroxylation is 1. The van der Waals surface area contributed by atoms with Gasteiger partial charge in [0.2, 0.25) is 5.91 Å². The molecule has 0 heterocycles. The Morgan fingerprint density at radius 1 is 0.897 bits per heavy atom. The first kappa shape index (κ1) is 21.6. The fourth-order valence-corrected chi connectivity index (χ4v) is 4.40. The molecule has 0 aromatic heterocycles. The van der Waals surface area contributed by atoms with E-state index in [1.54, 1.807) is 0 Å². The highest BCUT2D eigenvalue weighted by Gasteiger charge is 2.11. The number of carbonyl (C=O) groups is 1. The second kappa shape index (κ2) is 11.2. The standard InChI is InChI=1S/C26H30BrNO/c1-2-3-4-8-14-23-24(27)16-15-21-12-9-13-22(26(21)23)17-18-28-25(29)19-20-10-6-5-7-11-20/h5-7,9-13,15-16H,2-4,8,14,17-19H2,1H3,(H,28,29). The maximum Gasteiger partial charge on any atom is 0.224 e. The molecule has 3 aromatic rings. The molecule has 0 atom stereocenters. The van der Waals surface area contributed by atoms with Crippen LogP contribution in [0.4, 0.5) is 0 Å².